The Morgan fingerprint density at radius 3 is 2.48 bits per heavy atom. The molecule has 5 heteroatoms. The molecule has 21 heavy (non-hydrogen) atoms. The Kier molecular flexibility index (Phi) is 4.15. The first-order valence-corrected chi connectivity index (χ1v) is 7.44. The number of nitrogens with one attached hydrogen (secondary N) is 2. The van der Waals surface area contributed by atoms with E-state index in [0.29, 0.717) is 28.7 Å². The summed E-state index contributed by atoms with van der Waals surface area (Å²) in [6.45, 7) is 0.699. The molecule has 1 aliphatic rings. The fourth-order valence-corrected chi connectivity index (χ4v) is 3.02. The van der Waals surface area contributed by atoms with Crippen LogP contribution in [0, 0.1) is 0 Å². The quantitative estimate of drug-likeness (QED) is 0.886. The number of hydrogen-bond acceptors (Lipinski definition) is 2. The van der Waals surface area contributed by atoms with Crippen molar-refractivity contribution in [1.82, 2.24) is 5.32 Å². The molecule has 1 heterocycles. The van der Waals surface area contributed by atoms with Gasteiger partial charge in [0, 0.05) is 22.3 Å². The molecule has 0 saturated carbocycles. The highest BCUT2D eigenvalue weighted by molar-refractivity contribution is 6.35. The van der Waals surface area contributed by atoms with Gasteiger partial charge in [-0.25, -0.2) is 0 Å². The second kappa shape index (κ2) is 6.06. The molecule has 0 fully saturated rings. The maximum absolute atomic E-state index is 12.3. The summed E-state index contributed by atoms with van der Waals surface area (Å²) in [4.78, 5) is 12.3. The van der Waals surface area contributed by atoms with E-state index in [4.69, 9.17) is 23.2 Å². The lowest BCUT2D eigenvalue weighted by Crippen LogP contribution is -2.44. The van der Waals surface area contributed by atoms with Gasteiger partial charge in [0.2, 0.25) is 5.91 Å². The molecule has 0 spiro atoms. The number of carbonyl (C=O) groups is 1. The van der Waals surface area contributed by atoms with E-state index in [2.05, 4.69) is 22.8 Å². The summed E-state index contributed by atoms with van der Waals surface area (Å²) in [7, 11) is 0. The zero-order valence-corrected chi connectivity index (χ0v) is 12.7. The van der Waals surface area contributed by atoms with Crippen LogP contribution in [0.4, 0.5) is 5.69 Å². The third kappa shape index (κ3) is 3.38. The van der Waals surface area contributed by atoms with E-state index in [0.717, 1.165) is 0 Å². The smallest absolute Gasteiger partial charge is 0.241 e. The molecule has 0 aromatic heterocycles. The van der Waals surface area contributed by atoms with Gasteiger partial charge in [0.15, 0.2) is 0 Å². The van der Waals surface area contributed by atoms with Crippen molar-refractivity contribution in [3.63, 3.8) is 0 Å². The van der Waals surface area contributed by atoms with Crippen LogP contribution in [0.15, 0.2) is 42.5 Å². The van der Waals surface area contributed by atoms with Gasteiger partial charge >= 0.3 is 0 Å². The summed E-state index contributed by atoms with van der Waals surface area (Å²) in [6, 6.07) is 12.9. The Morgan fingerprint density at radius 1 is 1.10 bits per heavy atom. The Hall–Kier alpha value is -1.55. The van der Waals surface area contributed by atoms with E-state index >= 15 is 0 Å². The molecule has 3 rings (SSSR count). The maximum atomic E-state index is 12.3. The van der Waals surface area contributed by atoms with Crippen LogP contribution in [-0.2, 0) is 17.8 Å². The summed E-state index contributed by atoms with van der Waals surface area (Å²) in [5.74, 6) is -0.0807. The van der Waals surface area contributed by atoms with Crippen LogP contribution in [0.25, 0.3) is 0 Å². The molecule has 108 valence electrons. The van der Waals surface area contributed by atoms with E-state index in [1.54, 1.807) is 18.2 Å². The fourth-order valence-electron chi connectivity index (χ4n) is 2.50. The fraction of sp³-hybridized carbons (Fsp3) is 0.188. The van der Waals surface area contributed by atoms with Crippen molar-refractivity contribution in [3.8, 4) is 0 Å². The summed E-state index contributed by atoms with van der Waals surface area (Å²) < 4.78 is 0. The molecule has 3 nitrogen and oxygen atoms in total. The minimum absolute atomic E-state index is 0.0807. The van der Waals surface area contributed by atoms with E-state index in [1.165, 1.54) is 11.1 Å². The van der Waals surface area contributed by atoms with Crippen LogP contribution < -0.4 is 10.6 Å². The standard InChI is InChI=1S/C16H14Cl2N2O/c17-12-6-13(18)8-14(7-12)20-16(21)15-5-10-3-1-2-4-11(10)9-19-15/h1-4,6-8,15,19H,5,9H2,(H,20,21). The topological polar surface area (TPSA) is 41.1 Å². The Balaban J connectivity index is 1.72. The predicted molar refractivity (Wildman–Crippen MR) is 85.9 cm³/mol. The van der Waals surface area contributed by atoms with Crippen molar-refractivity contribution in [2.45, 2.75) is 19.0 Å². The van der Waals surface area contributed by atoms with E-state index in [-0.39, 0.29) is 11.9 Å². The number of carbonyl (C=O) groups excluding carboxylic acids is 1. The number of halogens is 2. The lowest BCUT2D eigenvalue weighted by molar-refractivity contribution is -0.118. The lowest BCUT2D eigenvalue weighted by atomic mass is 9.95. The van der Waals surface area contributed by atoms with Crippen LogP contribution in [0.5, 0.6) is 0 Å². The van der Waals surface area contributed by atoms with Crippen molar-refractivity contribution >= 4 is 34.8 Å². The first kappa shape index (κ1) is 14.4. The van der Waals surface area contributed by atoms with Gasteiger partial charge in [-0.1, -0.05) is 47.5 Å². The second-order valence-electron chi connectivity index (χ2n) is 5.05. The van der Waals surface area contributed by atoms with E-state index < -0.39 is 0 Å². The lowest BCUT2D eigenvalue weighted by Gasteiger charge is -2.25. The molecular formula is C16H14Cl2N2O. The van der Waals surface area contributed by atoms with Gasteiger partial charge in [-0.3, -0.25) is 4.79 Å². The van der Waals surface area contributed by atoms with Crippen molar-refractivity contribution in [1.29, 1.82) is 0 Å². The van der Waals surface area contributed by atoms with Crippen LogP contribution in [0.2, 0.25) is 10.0 Å². The van der Waals surface area contributed by atoms with Crippen molar-refractivity contribution < 1.29 is 4.79 Å². The molecule has 0 radical (unpaired) electrons. The molecule has 2 aromatic rings. The monoisotopic (exact) mass is 320 g/mol. The molecule has 1 atom stereocenters. The van der Waals surface area contributed by atoms with E-state index in [9.17, 15) is 4.79 Å². The first-order valence-electron chi connectivity index (χ1n) is 6.69. The third-order valence-electron chi connectivity index (χ3n) is 3.53. The minimum Gasteiger partial charge on any atom is -0.325 e. The zero-order chi connectivity index (χ0) is 14.8. The Labute approximate surface area is 133 Å². The summed E-state index contributed by atoms with van der Waals surface area (Å²) in [5, 5.41) is 7.10. The molecule has 1 amide bonds. The van der Waals surface area contributed by atoms with Gasteiger partial charge in [-0.2, -0.15) is 0 Å². The highest BCUT2D eigenvalue weighted by Gasteiger charge is 2.23. The van der Waals surface area contributed by atoms with Crippen LogP contribution in [0.3, 0.4) is 0 Å². The number of amides is 1. The van der Waals surface area contributed by atoms with E-state index in [1.807, 2.05) is 12.1 Å². The summed E-state index contributed by atoms with van der Waals surface area (Å²) >= 11 is 11.9. The maximum Gasteiger partial charge on any atom is 0.241 e. The normalized spacial score (nSPS) is 17.1. The highest BCUT2D eigenvalue weighted by Crippen LogP contribution is 2.23. The Morgan fingerprint density at radius 2 is 1.76 bits per heavy atom. The van der Waals surface area contributed by atoms with Gasteiger partial charge in [-0.15, -0.1) is 0 Å². The van der Waals surface area contributed by atoms with Gasteiger partial charge in [0.05, 0.1) is 6.04 Å². The molecule has 2 aromatic carbocycles. The number of fused-ring (bicyclic) bond motifs is 1. The summed E-state index contributed by atoms with van der Waals surface area (Å²) in [6.07, 6.45) is 0.677. The number of benzene rings is 2. The van der Waals surface area contributed by atoms with Gasteiger partial charge in [0.25, 0.3) is 0 Å². The van der Waals surface area contributed by atoms with Crippen LogP contribution in [0.1, 0.15) is 11.1 Å². The number of anilines is 1. The van der Waals surface area contributed by atoms with Crippen molar-refractivity contribution in [2.75, 3.05) is 5.32 Å². The molecular weight excluding hydrogens is 307 g/mol. The molecule has 0 saturated heterocycles. The molecule has 0 aliphatic carbocycles. The average Bonchev–Trinajstić information content (AvgIpc) is 2.45. The highest BCUT2D eigenvalue weighted by atomic mass is 35.5. The number of rotatable bonds is 2. The van der Waals surface area contributed by atoms with Crippen LogP contribution in [-0.4, -0.2) is 11.9 Å². The van der Waals surface area contributed by atoms with Crippen molar-refractivity contribution in [2.24, 2.45) is 0 Å². The number of hydrogen-bond donors (Lipinski definition) is 2. The second-order valence-corrected chi connectivity index (χ2v) is 5.93. The minimum atomic E-state index is -0.252. The molecule has 2 N–H and O–H groups in total. The molecule has 1 aliphatic heterocycles. The largest absolute Gasteiger partial charge is 0.325 e. The predicted octanol–water partition coefficient (Wildman–Crippen LogP) is 3.65. The van der Waals surface area contributed by atoms with Gasteiger partial charge in [0.1, 0.15) is 0 Å². The molecule has 0 bridgehead atoms. The third-order valence-corrected chi connectivity index (χ3v) is 3.96. The van der Waals surface area contributed by atoms with Gasteiger partial charge in [-0.05, 0) is 35.7 Å². The zero-order valence-electron chi connectivity index (χ0n) is 11.2. The molecule has 1 unspecified atom stereocenters. The van der Waals surface area contributed by atoms with Gasteiger partial charge < -0.3 is 10.6 Å². The SMILES string of the molecule is O=C(Nc1cc(Cl)cc(Cl)c1)C1Cc2ccccc2CN1. The average molecular weight is 321 g/mol. The summed E-state index contributed by atoms with van der Waals surface area (Å²) in [5.41, 5.74) is 3.06. The Bertz CT molecular complexity index is 667. The van der Waals surface area contributed by atoms with Crippen LogP contribution >= 0.6 is 23.2 Å². The van der Waals surface area contributed by atoms with Crippen molar-refractivity contribution in [3.05, 3.63) is 63.6 Å². The first-order chi connectivity index (χ1) is 10.1.